The topological polar surface area (TPSA) is 57.6 Å². The summed E-state index contributed by atoms with van der Waals surface area (Å²) in [7, 11) is 0. The van der Waals surface area contributed by atoms with Crippen molar-refractivity contribution in [2.75, 3.05) is 13.1 Å². The van der Waals surface area contributed by atoms with Crippen LogP contribution in [-0.2, 0) is 16.0 Å². The molecule has 1 aliphatic heterocycles. The first-order chi connectivity index (χ1) is 11.5. The lowest BCUT2D eigenvalue weighted by Crippen LogP contribution is -2.51. The first-order valence-corrected chi connectivity index (χ1v) is 8.74. The number of aliphatic carboxylic acids is 1. The van der Waals surface area contributed by atoms with Gasteiger partial charge in [-0.1, -0.05) is 18.6 Å². The van der Waals surface area contributed by atoms with Gasteiger partial charge in [0, 0.05) is 19.5 Å². The number of carbonyl (C=O) groups excluding carboxylic acids is 1. The van der Waals surface area contributed by atoms with Gasteiger partial charge in [-0.25, -0.2) is 4.39 Å². The highest BCUT2D eigenvalue weighted by Gasteiger charge is 2.46. The average molecular weight is 333 g/mol. The molecule has 24 heavy (non-hydrogen) atoms. The Balaban J connectivity index is 1.63. The Morgan fingerprint density at radius 1 is 1.25 bits per heavy atom. The molecule has 1 saturated carbocycles. The van der Waals surface area contributed by atoms with Gasteiger partial charge in [0.2, 0.25) is 5.91 Å². The second kappa shape index (κ2) is 6.91. The van der Waals surface area contributed by atoms with E-state index in [2.05, 4.69) is 0 Å². The van der Waals surface area contributed by atoms with Gasteiger partial charge in [-0.3, -0.25) is 9.59 Å². The second-order valence-electron chi connectivity index (χ2n) is 7.27. The first-order valence-electron chi connectivity index (χ1n) is 8.74. The molecule has 4 nitrogen and oxygen atoms in total. The number of amides is 1. The minimum atomic E-state index is -0.763. The molecule has 0 aromatic heterocycles. The lowest BCUT2D eigenvalue weighted by molar-refractivity contribution is -0.149. The van der Waals surface area contributed by atoms with Crippen LogP contribution >= 0.6 is 0 Å². The number of likely N-dealkylation sites (tertiary alicyclic amines) is 1. The highest BCUT2D eigenvalue weighted by atomic mass is 19.1. The van der Waals surface area contributed by atoms with Gasteiger partial charge in [-0.2, -0.15) is 0 Å². The number of hydrogen-bond donors (Lipinski definition) is 1. The van der Waals surface area contributed by atoms with Crippen molar-refractivity contribution in [3.63, 3.8) is 0 Å². The number of halogens is 1. The molecular formula is C19H24FNO3. The number of carbonyl (C=O) groups is 2. The number of carboxylic acid groups (broad SMARTS) is 1. The predicted octanol–water partition coefficient (Wildman–Crippen LogP) is 3.25. The number of piperidine rings is 1. The van der Waals surface area contributed by atoms with Gasteiger partial charge in [0.25, 0.3) is 0 Å². The van der Waals surface area contributed by atoms with Crippen LogP contribution in [0.25, 0.3) is 0 Å². The molecule has 1 aromatic rings. The summed E-state index contributed by atoms with van der Waals surface area (Å²) in [4.78, 5) is 25.8. The molecule has 2 fully saturated rings. The lowest BCUT2D eigenvalue weighted by Gasteiger charge is -2.45. The summed E-state index contributed by atoms with van der Waals surface area (Å²) >= 11 is 0. The van der Waals surface area contributed by atoms with E-state index in [1.54, 1.807) is 6.07 Å². The molecule has 0 radical (unpaired) electrons. The summed E-state index contributed by atoms with van der Waals surface area (Å²) in [6, 6.07) is 6.52. The summed E-state index contributed by atoms with van der Waals surface area (Å²) < 4.78 is 13.4. The molecule has 3 rings (SSSR count). The quantitative estimate of drug-likeness (QED) is 0.900. The van der Waals surface area contributed by atoms with Crippen molar-refractivity contribution in [3.8, 4) is 0 Å². The number of rotatable bonds is 5. The number of hydrogen-bond acceptors (Lipinski definition) is 2. The second-order valence-corrected chi connectivity index (χ2v) is 7.27. The molecule has 1 amide bonds. The van der Waals surface area contributed by atoms with E-state index in [1.165, 1.54) is 12.1 Å². The molecule has 1 heterocycles. The maximum Gasteiger partial charge on any atom is 0.303 e. The van der Waals surface area contributed by atoms with Crippen LogP contribution in [0, 0.1) is 17.2 Å². The Bertz CT molecular complexity index is 619. The maximum absolute atomic E-state index is 13.4. The highest BCUT2D eigenvalue weighted by molar-refractivity contribution is 5.84. The van der Waals surface area contributed by atoms with Gasteiger partial charge < -0.3 is 10.0 Å². The normalized spacial score (nSPS) is 20.5. The fraction of sp³-hybridized carbons (Fsp3) is 0.579. The van der Waals surface area contributed by atoms with Crippen molar-refractivity contribution in [1.29, 1.82) is 0 Å². The van der Waals surface area contributed by atoms with Gasteiger partial charge in [-0.05, 0) is 55.7 Å². The number of benzene rings is 1. The minimum absolute atomic E-state index is 0.173. The molecule has 0 unspecified atom stereocenters. The molecule has 0 spiro atoms. The Kier molecular flexibility index (Phi) is 4.88. The van der Waals surface area contributed by atoms with E-state index >= 15 is 0 Å². The Morgan fingerprint density at radius 2 is 1.96 bits per heavy atom. The van der Waals surface area contributed by atoms with Crippen LogP contribution in [0.4, 0.5) is 4.39 Å². The monoisotopic (exact) mass is 333 g/mol. The van der Waals surface area contributed by atoms with Crippen molar-refractivity contribution in [2.45, 2.75) is 44.9 Å². The molecule has 1 N–H and O–H groups in total. The van der Waals surface area contributed by atoms with E-state index in [-0.39, 0.29) is 29.5 Å². The molecule has 130 valence electrons. The van der Waals surface area contributed by atoms with E-state index in [4.69, 9.17) is 5.11 Å². The van der Waals surface area contributed by atoms with Crippen molar-refractivity contribution in [3.05, 3.63) is 35.6 Å². The third-order valence-corrected chi connectivity index (χ3v) is 5.56. The third-order valence-electron chi connectivity index (χ3n) is 5.56. The van der Waals surface area contributed by atoms with Crippen molar-refractivity contribution >= 4 is 11.9 Å². The summed E-state index contributed by atoms with van der Waals surface area (Å²) in [5.74, 6) is -0.677. The molecule has 0 bridgehead atoms. The Labute approximate surface area is 141 Å². The van der Waals surface area contributed by atoms with Crippen LogP contribution in [0.3, 0.4) is 0 Å². The zero-order valence-electron chi connectivity index (χ0n) is 13.8. The van der Waals surface area contributed by atoms with Crippen molar-refractivity contribution in [2.24, 2.45) is 11.3 Å². The Morgan fingerprint density at radius 3 is 2.50 bits per heavy atom. The van der Waals surface area contributed by atoms with Gasteiger partial charge in [0.15, 0.2) is 0 Å². The molecule has 2 aliphatic rings. The number of nitrogens with zero attached hydrogens (tertiary/aromatic N) is 1. The largest absolute Gasteiger partial charge is 0.481 e. The molecule has 1 aliphatic carbocycles. The van der Waals surface area contributed by atoms with E-state index in [0.717, 1.165) is 37.7 Å². The van der Waals surface area contributed by atoms with E-state index in [9.17, 15) is 14.0 Å². The van der Waals surface area contributed by atoms with Crippen LogP contribution in [0.15, 0.2) is 24.3 Å². The zero-order valence-corrected chi connectivity index (χ0v) is 13.8. The van der Waals surface area contributed by atoms with E-state index in [1.807, 2.05) is 11.0 Å². The SMILES string of the molecule is O=C(O)CC1CCN(C(=O)C2(Cc3cccc(F)c3)CCC2)CC1. The fourth-order valence-electron chi connectivity index (χ4n) is 4.03. The molecule has 1 aromatic carbocycles. The minimum Gasteiger partial charge on any atom is -0.481 e. The third kappa shape index (κ3) is 3.60. The van der Waals surface area contributed by atoms with Gasteiger partial charge in [-0.15, -0.1) is 0 Å². The molecular weight excluding hydrogens is 309 g/mol. The lowest BCUT2D eigenvalue weighted by atomic mass is 9.64. The number of carboxylic acids is 1. The van der Waals surface area contributed by atoms with Crippen molar-refractivity contribution < 1.29 is 19.1 Å². The van der Waals surface area contributed by atoms with Crippen LogP contribution < -0.4 is 0 Å². The van der Waals surface area contributed by atoms with E-state index < -0.39 is 5.97 Å². The average Bonchev–Trinajstić information content (AvgIpc) is 2.50. The molecule has 1 saturated heterocycles. The van der Waals surface area contributed by atoms with Gasteiger partial charge >= 0.3 is 5.97 Å². The summed E-state index contributed by atoms with van der Waals surface area (Å²) in [6.45, 7) is 1.28. The van der Waals surface area contributed by atoms with Gasteiger partial charge in [0.1, 0.15) is 5.82 Å². The fourth-order valence-corrected chi connectivity index (χ4v) is 4.03. The Hall–Kier alpha value is -1.91. The summed E-state index contributed by atoms with van der Waals surface area (Å²) in [6.07, 6.45) is 5.06. The van der Waals surface area contributed by atoms with Crippen LogP contribution in [0.5, 0.6) is 0 Å². The van der Waals surface area contributed by atoms with Gasteiger partial charge in [0.05, 0.1) is 5.41 Å². The van der Waals surface area contributed by atoms with Crippen LogP contribution in [0.1, 0.15) is 44.1 Å². The van der Waals surface area contributed by atoms with E-state index in [0.29, 0.717) is 19.5 Å². The van der Waals surface area contributed by atoms with Crippen LogP contribution in [0.2, 0.25) is 0 Å². The summed E-state index contributed by atoms with van der Waals surface area (Å²) in [5.41, 5.74) is 0.497. The zero-order chi connectivity index (χ0) is 17.2. The standard InChI is InChI=1S/C19H24FNO3/c20-16-4-1-3-15(11-16)13-19(7-2-8-19)18(24)21-9-5-14(6-10-21)12-17(22)23/h1,3-4,11,14H,2,5-10,12-13H2,(H,22,23). The maximum atomic E-state index is 13.4. The summed E-state index contributed by atoms with van der Waals surface area (Å²) in [5, 5.41) is 8.89. The molecule has 0 atom stereocenters. The predicted molar refractivity (Wildman–Crippen MR) is 87.9 cm³/mol. The van der Waals surface area contributed by atoms with Crippen LogP contribution in [-0.4, -0.2) is 35.0 Å². The highest BCUT2D eigenvalue weighted by Crippen LogP contribution is 2.46. The first kappa shape index (κ1) is 16.9. The van der Waals surface area contributed by atoms with Crippen molar-refractivity contribution in [1.82, 2.24) is 4.90 Å². The molecule has 5 heteroatoms. The smallest absolute Gasteiger partial charge is 0.303 e.